The largest absolute Gasteiger partial charge is 2.00 e. The molecule has 0 amide bonds. The van der Waals surface area contributed by atoms with Crippen molar-refractivity contribution in [3.05, 3.63) is 119 Å². The Balaban J connectivity index is 0.000000453. The Labute approximate surface area is 422 Å². The topological polar surface area (TPSA) is 236 Å². The first-order valence-corrected chi connectivity index (χ1v) is 24.5. The summed E-state index contributed by atoms with van der Waals surface area (Å²) in [6, 6.07) is 18.4. The number of aliphatic carboxylic acids is 2. The first-order valence-electron chi connectivity index (χ1n) is 20.8. The van der Waals surface area contributed by atoms with Gasteiger partial charge in [0.2, 0.25) is 20.0 Å². The van der Waals surface area contributed by atoms with E-state index in [1.165, 1.54) is 50.5 Å². The third-order valence-electron chi connectivity index (χ3n) is 10.5. The first kappa shape index (κ1) is 58.9. The van der Waals surface area contributed by atoms with E-state index in [1.807, 2.05) is 27.7 Å². The van der Waals surface area contributed by atoms with Crippen LogP contribution >= 0.6 is 0 Å². The number of nitrogens with zero attached hydrogens (tertiary/aromatic N) is 2. The van der Waals surface area contributed by atoms with Gasteiger partial charge in [0.15, 0.2) is 0 Å². The monoisotopic (exact) mass is 996 g/mol. The minimum Gasteiger partial charge on any atom is -0.550 e. The molecule has 14 nitrogen and oxygen atoms in total. The summed E-state index contributed by atoms with van der Waals surface area (Å²) in [5.74, 6) is -3.71. The summed E-state index contributed by atoms with van der Waals surface area (Å²) in [5, 5.41) is 61.3. The molecule has 4 rings (SSSR count). The number of hydrogen-bond donors (Lipinski definition) is 4. The molecule has 0 saturated carbocycles. The van der Waals surface area contributed by atoms with Crippen LogP contribution in [0.5, 0.6) is 0 Å². The molecule has 0 aliphatic rings. The number of anilines is 2. The van der Waals surface area contributed by atoms with Crippen LogP contribution in [-0.4, -0.2) is 138 Å². The van der Waals surface area contributed by atoms with Crippen molar-refractivity contribution in [2.24, 2.45) is 0 Å². The van der Waals surface area contributed by atoms with Gasteiger partial charge in [0, 0.05) is 51.7 Å². The van der Waals surface area contributed by atoms with Crippen molar-refractivity contribution in [1.29, 1.82) is 0 Å². The number of carboxylic acid groups (broad SMARTS) is 2. The number of benzene rings is 4. The SMILES string of the molecule is CC(C)c1cc(N(C)S(C)(=O)=O)cc(-c2ccc(F)cc2)c1/C=C/[C@@H](O)C[C@@H](O)CC(=O)[O-].CC(C)c1cc(N(C)S(C)(=O)=O)cc(-c2ccc(F)cc2)c1/C=C/[C@@H](O)C[C@@H](O)CC(=O)[O-].[Ca+2]. The second-order valence-electron chi connectivity index (χ2n) is 16.6. The maximum Gasteiger partial charge on any atom is 2.00 e. The first-order chi connectivity index (χ1) is 30.6. The Morgan fingerprint density at radius 2 is 0.896 bits per heavy atom. The Morgan fingerprint density at radius 1 is 0.597 bits per heavy atom. The van der Waals surface area contributed by atoms with E-state index in [-0.39, 0.29) is 62.4 Å². The zero-order valence-corrected chi connectivity index (χ0v) is 42.6. The molecule has 0 unspecified atom stereocenters. The molecule has 0 bridgehead atoms. The molecular formula is C48H58CaF2N2O12S2. The van der Waals surface area contributed by atoms with Crippen molar-refractivity contribution in [3.8, 4) is 22.3 Å². The maximum atomic E-state index is 13.5. The van der Waals surface area contributed by atoms with E-state index in [4.69, 9.17) is 0 Å². The van der Waals surface area contributed by atoms with Crippen molar-refractivity contribution in [1.82, 2.24) is 0 Å². The number of aliphatic hydroxyl groups excluding tert-OH is 4. The van der Waals surface area contributed by atoms with Crippen LogP contribution in [0.4, 0.5) is 20.2 Å². The number of sulfonamides is 2. The molecular weight excluding hydrogens is 939 g/mol. The molecule has 4 atom stereocenters. The van der Waals surface area contributed by atoms with Gasteiger partial charge in [0.25, 0.3) is 0 Å². The molecule has 4 N–H and O–H groups in total. The van der Waals surface area contributed by atoms with Crippen LogP contribution in [0.15, 0.2) is 84.9 Å². The zero-order chi connectivity index (χ0) is 49.8. The fourth-order valence-corrected chi connectivity index (χ4v) is 7.79. The smallest absolute Gasteiger partial charge is 0.550 e. The number of carboxylic acids is 2. The van der Waals surface area contributed by atoms with Gasteiger partial charge in [-0.05, 0) is 105 Å². The van der Waals surface area contributed by atoms with Gasteiger partial charge in [0.05, 0.1) is 48.3 Å². The van der Waals surface area contributed by atoms with E-state index in [9.17, 15) is 65.8 Å². The Kier molecular flexibility index (Phi) is 22.8. The van der Waals surface area contributed by atoms with E-state index >= 15 is 0 Å². The Hall–Kier alpha value is -4.24. The molecule has 0 aromatic heterocycles. The number of rotatable bonds is 20. The molecule has 0 saturated heterocycles. The van der Waals surface area contributed by atoms with Crippen LogP contribution in [0.25, 0.3) is 34.4 Å². The summed E-state index contributed by atoms with van der Waals surface area (Å²) in [6.45, 7) is 7.74. The molecule has 0 aliphatic carbocycles. The molecule has 0 spiro atoms. The third-order valence-corrected chi connectivity index (χ3v) is 12.9. The zero-order valence-electron chi connectivity index (χ0n) is 38.8. The molecule has 4 aromatic rings. The molecule has 0 fully saturated rings. The van der Waals surface area contributed by atoms with Gasteiger partial charge in [-0.3, -0.25) is 8.61 Å². The van der Waals surface area contributed by atoms with Crippen LogP contribution in [0.1, 0.15) is 87.5 Å². The van der Waals surface area contributed by atoms with Gasteiger partial charge < -0.3 is 40.2 Å². The molecule has 19 heteroatoms. The molecule has 360 valence electrons. The molecule has 67 heavy (non-hydrogen) atoms. The van der Waals surface area contributed by atoms with Crippen LogP contribution in [0.3, 0.4) is 0 Å². The number of hydrogen-bond acceptors (Lipinski definition) is 12. The molecule has 0 aliphatic heterocycles. The fraction of sp³-hybridized carbons (Fsp3) is 0.375. The Bertz CT molecular complexity index is 2410. The van der Waals surface area contributed by atoms with Crippen molar-refractivity contribution in [2.75, 3.05) is 35.2 Å². The van der Waals surface area contributed by atoms with Crippen molar-refractivity contribution < 1.29 is 65.8 Å². The van der Waals surface area contributed by atoms with E-state index in [0.29, 0.717) is 44.8 Å². The van der Waals surface area contributed by atoms with Crippen molar-refractivity contribution >= 4 is 93.3 Å². The molecule has 0 heterocycles. The quantitative estimate of drug-likeness (QED) is 0.0914. The maximum absolute atomic E-state index is 13.5. The van der Waals surface area contributed by atoms with Gasteiger partial charge in [0.1, 0.15) is 11.6 Å². The van der Waals surface area contributed by atoms with Gasteiger partial charge in [-0.1, -0.05) is 76.3 Å². The van der Waals surface area contributed by atoms with Crippen LogP contribution < -0.4 is 18.8 Å². The van der Waals surface area contributed by atoms with Crippen LogP contribution in [-0.2, 0) is 29.6 Å². The minimum atomic E-state index is -3.53. The van der Waals surface area contributed by atoms with Crippen molar-refractivity contribution in [2.45, 2.75) is 89.6 Å². The van der Waals surface area contributed by atoms with E-state index in [1.54, 1.807) is 60.7 Å². The van der Waals surface area contributed by atoms with E-state index in [0.717, 1.165) is 32.2 Å². The van der Waals surface area contributed by atoms with Crippen LogP contribution in [0, 0.1) is 11.6 Å². The second kappa shape index (κ2) is 25.9. The van der Waals surface area contributed by atoms with Gasteiger partial charge >= 0.3 is 37.7 Å². The van der Waals surface area contributed by atoms with Crippen molar-refractivity contribution in [3.63, 3.8) is 0 Å². The average molecular weight is 997 g/mol. The standard InChI is InChI=1S/2C24H30FNO6S.Ca/c2*1-15(2)22-11-18(26(3)33(4,31)32)12-23(16-5-7-17(25)8-6-16)21(22)10-9-19(27)13-20(28)14-24(29)30;/h2*5-12,15,19-20,27-28H,13-14H2,1-4H3,(H,29,30);/q;;+2/p-2/b2*10-9+;/t2*19-,20-;/m11./s1. The normalized spacial score (nSPS) is 13.7. The number of halogens is 2. The third kappa shape index (κ3) is 18.3. The number of carbonyl (C=O) groups is 2. The summed E-state index contributed by atoms with van der Waals surface area (Å²) in [6.07, 6.45) is 2.03. The van der Waals surface area contributed by atoms with E-state index in [2.05, 4.69) is 0 Å². The summed E-state index contributed by atoms with van der Waals surface area (Å²) >= 11 is 0. The predicted octanol–water partition coefficient (Wildman–Crippen LogP) is 4.17. The minimum absolute atomic E-state index is 0. The van der Waals surface area contributed by atoms with Gasteiger partial charge in [-0.15, -0.1) is 0 Å². The number of aliphatic hydroxyl groups is 4. The predicted molar refractivity (Wildman–Crippen MR) is 255 cm³/mol. The summed E-state index contributed by atoms with van der Waals surface area (Å²) in [5.41, 5.74) is 6.39. The number of carbonyl (C=O) groups excluding carboxylic acids is 2. The van der Waals surface area contributed by atoms with Gasteiger partial charge in [-0.25, -0.2) is 25.6 Å². The van der Waals surface area contributed by atoms with Gasteiger partial charge in [-0.2, -0.15) is 0 Å². The second-order valence-corrected chi connectivity index (χ2v) is 20.6. The summed E-state index contributed by atoms with van der Waals surface area (Å²) in [7, 11) is -4.17. The molecule has 4 aromatic carbocycles. The summed E-state index contributed by atoms with van der Waals surface area (Å²) < 4.78 is 78.0. The fourth-order valence-electron chi connectivity index (χ4n) is 6.81. The Morgan fingerprint density at radius 3 is 1.15 bits per heavy atom. The molecule has 0 radical (unpaired) electrons. The van der Waals surface area contributed by atoms with E-state index < -0.39 is 80.9 Å². The van der Waals surface area contributed by atoms with Crippen LogP contribution in [0.2, 0.25) is 0 Å². The summed E-state index contributed by atoms with van der Waals surface area (Å²) in [4.78, 5) is 21.3. The average Bonchev–Trinajstić information content (AvgIpc) is 3.20.